The molecule has 0 aliphatic carbocycles. The molecular formula is C61H100ClF3N8O10S. The number of hydrogen-bond acceptors (Lipinski definition) is 10. The molecule has 0 unspecified atom stereocenters. The van der Waals surface area contributed by atoms with Crippen LogP contribution in [0.25, 0.3) is 0 Å². The average Bonchev–Trinajstić information content (AvgIpc) is 3.61. The lowest BCUT2D eigenvalue weighted by atomic mass is 10.2. The Bertz CT molecular complexity index is 2520. The Kier molecular flexibility index (Phi) is 46.0. The van der Waals surface area contributed by atoms with Gasteiger partial charge in [-0.1, -0.05) is 30.4 Å². The fourth-order valence-electron chi connectivity index (χ4n) is 6.62. The minimum atomic E-state index is -2.91. The highest BCUT2D eigenvalue weighted by atomic mass is 35.5. The highest BCUT2D eigenvalue weighted by Crippen LogP contribution is 2.23. The maximum absolute atomic E-state index is 13.4. The van der Waals surface area contributed by atoms with E-state index in [0.717, 1.165) is 78.7 Å². The number of carbonyl (C=O) groups is 7. The zero-order valence-corrected chi connectivity index (χ0v) is 55.6. The van der Waals surface area contributed by atoms with Crippen LogP contribution in [0, 0.1) is 17.5 Å². The van der Waals surface area contributed by atoms with Gasteiger partial charge >= 0.3 is 0 Å². The van der Waals surface area contributed by atoms with Crippen molar-refractivity contribution in [1.29, 1.82) is 0 Å². The fourth-order valence-corrected chi connectivity index (χ4v) is 6.81. The van der Waals surface area contributed by atoms with E-state index in [1.165, 1.54) is 62.9 Å². The highest BCUT2D eigenvalue weighted by Gasteiger charge is 2.20. The van der Waals surface area contributed by atoms with Gasteiger partial charge in [0.2, 0.25) is 51.4 Å². The molecule has 1 fully saturated rings. The van der Waals surface area contributed by atoms with E-state index in [-0.39, 0.29) is 71.0 Å². The summed E-state index contributed by atoms with van der Waals surface area (Å²) >= 11 is 5.46. The number of amides is 7. The van der Waals surface area contributed by atoms with Gasteiger partial charge in [0.05, 0.1) is 25.2 Å². The van der Waals surface area contributed by atoms with Crippen molar-refractivity contribution in [3.05, 3.63) is 102 Å². The Balaban J connectivity index is -0.000000442. The topological polar surface area (TPSA) is 189 Å². The van der Waals surface area contributed by atoms with E-state index < -0.39 is 21.7 Å². The first kappa shape index (κ1) is 84.1. The van der Waals surface area contributed by atoms with Crippen LogP contribution in [0.4, 0.5) is 30.2 Å². The van der Waals surface area contributed by atoms with E-state index in [4.69, 9.17) is 16.3 Å². The molecule has 1 aliphatic heterocycles. The molecule has 7 amide bonds. The largest absolute Gasteiger partial charge is 0.378 e. The van der Waals surface area contributed by atoms with E-state index in [9.17, 15) is 55.2 Å². The summed E-state index contributed by atoms with van der Waals surface area (Å²) < 4.78 is 65.4. The lowest BCUT2D eigenvalue weighted by Crippen LogP contribution is -2.39. The summed E-state index contributed by atoms with van der Waals surface area (Å²) in [7, 11) is 5.33. The van der Waals surface area contributed by atoms with Crippen molar-refractivity contribution in [2.45, 2.75) is 135 Å². The van der Waals surface area contributed by atoms with Gasteiger partial charge in [-0.25, -0.2) is 25.9 Å². The van der Waals surface area contributed by atoms with Gasteiger partial charge in [0.25, 0.3) is 0 Å². The van der Waals surface area contributed by atoms with Gasteiger partial charge in [-0.15, -0.1) is 11.6 Å². The minimum Gasteiger partial charge on any atom is -0.378 e. The number of sulfonamides is 1. The Morgan fingerprint density at radius 1 is 0.607 bits per heavy atom. The molecule has 0 radical (unpaired) electrons. The number of anilines is 3. The molecule has 1 saturated heterocycles. The van der Waals surface area contributed by atoms with Crippen molar-refractivity contribution in [2.75, 3.05) is 108 Å². The Morgan fingerprint density at radius 3 is 1.29 bits per heavy atom. The second kappa shape index (κ2) is 46.0. The van der Waals surface area contributed by atoms with Crippen LogP contribution in [0.2, 0.25) is 0 Å². The monoisotopic (exact) mass is 1230 g/mol. The van der Waals surface area contributed by atoms with Gasteiger partial charge in [0.1, 0.15) is 17.5 Å². The maximum Gasteiger partial charge on any atom is 0.224 e. The molecule has 3 aromatic carbocycles. The third kappa shape index (κ3) is 40.8. The molecule has 0 spiro atoms. The smallest absolute Gasteiger partial charge is 0.224 e. The molecule has 1 heterocycles. The van der Waals surface area contributed by atoms with Crippen molar-refractivity contribution in [1.82, 2.24) is 23.9 Å². The second-order valence-corrected chi connectivity index (χ2v) is 22.8. The number of carbonyl (C=O) groups excluding carboxylic acids is 7. The molecule has 0 atom stereocenters. The molecule has 478 valence electrons. The number of ether oxygens (including phenoxy) is 1. The van der Waals surface area contributed by atoms with Gasteiger partial charge in [0, 0.05) is 158 Å². The summed E-state index contributed by atoms with van der Waals surface area (Å²) in [5, 5.41) is 0. The predicted molar refractivity (Wildman–Crippen MR) is 336 cm³/mol. The van der Waals surface area contributed by atoms with E-state index >= 15 is 0 Å². The quantitative estimate of drug-likeness (QED) is 0.0853. The molecule has 3 aromatic rings. The summed E-state index contributed by atoms with van der Waals surface area (Å²) in [5.41, 5.74) is 2.83. The third-order valence-corrected chi connectivity index (χ3v) is 12.9. The van der Waals surface area contributed by atoms with Crippen LogP contribution >= 0.6 is 11.6 Å². The number of nitrogens with zero attached hydrogens (tertiary/aromatic N) is 8. The molecule has 0 N–H and O–H groups in total. The summed E-state index contributed by atoms with van der Waals surface area (Å²) in [6.45, 7) is 34.9. The van der Waals surface area contributed by atoms with Crippen LogP contribution in [0.5, 0.6) is 0 Å². The number of morpholine rings is 1. The third-order valence-electron chi connectivity index (χ3n) is 11.3. The van der Waals surface area contributed by atoms with Crippen LogP contribution < -0.4 is 14.7 Å². The van der Waals surface area contributed by atoms with E-state index in [2.05, 4.69) is 6.58 Å². The minimum absolute atomic E-state index is 0.0355. The second-order valence-electron chi connectivity index (χ2n) is 20.3. The zero-order chi connectivity index (χ0) is 66.2. The number of likely N-dealkylation sites (N-methyl/N-ethyl adjacent to an activating group) is 1. The van der Waals surface area contributed by atoms with Crippen molar-refractivity contribution in [2.24, 2.45) is 0 Å². The van der Waals surface area contributed by atoms with Crippen LogP contribution in [0.1, 0.15) is 117 Å². The van der Waals surface area contributed by atoms with Gasteiger partial charge in [0.15, 0.2) is 0 Å². The molecule has 1 aliphatic rings. The Hall–Kier alpha value is -6.36. The standard InChI is InChI=1S/C11H13F2NO.C11H14FNO.C11H15NO.C8H15NO.C7H14ClNO.C6H11NO2.C4H9NO.C3H9NO2S/c1-7(2)14(8(3)15)11-5-4-9(12)6-10(11)13;1-8(2)13(9(3)14)11-6-4-10(12)5-7-11;1-9(2)12(10(3)13)11-7-5-4-6-8-11;1-5-9(8(4)10)6-7(2)3;1-7(10)9(2)6-4-3-5-8;1-6(8)7-2-4-9-5-3-7;1-4(6)5(2)3;1-4(2)7(3,5)6/h4-7H,1-3H3;4-8H,1-3H3;4-9H,1-3H3;2,5-6H2,1,3-4H3;3-6H2,1-2H3;2-5H2,1H3;1-3H3;1-3H3. The van der Waals surface area contributed by atoms with Crippen LogP contribution in [0.15, 0.2) is 84.9 Å². The van der Waals surface area contributed by atoms with E-state index in [1.807, 2.05) is 71.9 Å². The van der Waals surface area contributed by atoms with Crippen LogP contribution in [-0.4, -0.2) is 185 Å². The highest BCUT2D eigenvalue weighted by molar-refractivity contribution is 7.88. The number of unbranched alkanes of at least 4 members (excludes halogenated alkanes) is 1. The lowest BCUT2D eigenvalue weighted by molar-refractivity contribution is -0.133. The zero-order valence-electron chi connectivity index (χ0n) is 54.0. The lowest BCUT2D eigenvalue weighted by Gasteiger charge is -2.25. The fraction of sp³-hybridized carbons (Fsp3) is 0.557. The number of alkyl halides is 1. The number of para-hydroxylation sites is 1. The number of halogens is 4. The van der Waals surface area contributed by atoms with E-state index in [0.29, 0.717) is 25.6 Å². The van der Waals surface area contributed by atoms with Gasteiger partial charge in [-0.05, 0) is 117 Å². The van der Waals surface area contributed by atoms with Gasteiger partial charge in [-0.2, -0.15) is 0 Å². The number of hydrogen-bond donors (Lipinski definition) is 0. The molecule has 0 aromatic heterocycles. The number of benzene rings is 3. The van der Waals surface area contributed by atoms with Crippen LogP contribution in [0.3, 0.4) is 0 Å². The van der Waals surface area contributed by atoms with Gasteiger partial charge < -0.3 is 39.0 Å². The van der Waals surface area contributed by atoms with Crippen molar-refractivity contribution in [3.8, 4) is 0 Å². The number of rotatable bonds is 14. The van der Waals surface area contributed by atoms with Crippen molar-refractivity contribution in [3.63, 3.8) is 0 Å². The summed E-state index contributed by atoms with van der Waals surface area (Å²) in [6, 6.07) is 18.9. The first-order valence-corrected chi connectivity index (χ1v) is 29.8. The molecule has 23 heteroatoms. The van der Waals surface area contributed by atoms with Crippen molar-refractivity contribution >= 4 is 80.0 Å². The first-order chi connectivity index (χ1) is 38.7. The molecule has 4 rings (SSSR count). The summed E-state index contributed by atoms with van der Waals surface area (Å²) in [6.07, 6.45) is 3.14. The summed E-state index contributed by atoms with van der Waals surface area (Å²) in [4.78, 5) is 87.5. The Labute approximate surface area is 506 Å². The normalized spacial score (nSPS) is 11.1. The van der Waals surface area contributed by atoms with Crippen LogP contribution in [-0.2, 0) is 48.3 Å². The first-order valence-electron chi connectivity index (χ1n) is 27.4. The van der Waals surface area contributed by atoms with E-state index in [1.54, 1.807) is 99.3 Å². The molecule has 0 bridgehead atoms. The average molecular weight is 1230 g/mol. The van der Waals surface area contributed by atoms with Crippen molar-refractivity contribution < 1.29 is 59.9 Å². The molecular weight excluding hydrogens is 1130 g/mol. The molecule has 0 saturated carbocycles. The molecule has 84 heavy (non-hydrogen) atoms. The maximum atomic E-state index is 13.4. The summed E-state index contributed by atoms with van der Waals surface area (Å²) in [5.74, 6) is -0.716. The molecule has 18 nitrogen and oxygen atoms in total. The van der Waals surface area contributed by atoms with Gasteiger partial charge in [-0.3, -0.25) is 33.6 Å². The predicted octanol–water partition coefficient (Wildman–Crippen LogP) is 10.1. The SMILES string of the molecule is C=C(C)CN(CC)C(C)=O.CC(=O)N(C)C.CC(=O)N(C)CCCCCl.CC(=O)N(c1ccc(F)cc1)C(C)C.CC(=O)N(c1ccc(F)cc1F)C(C)C.CC(=O)N(c1ccccc1)C(C)C.CC(=O)N1CCOCC1.CN(C)S(C)(=O)=O. The Morgan fingerprint density at radius 2 is 1.01 bits per heavy atom.